The Morgan fingerprint density at radius 2 is 2.50 bits per heavy atom. The molecule has 1 heterocycles. The molecule has 0 spiro atoms. The van der Waals surface area contributed by atoms with Gasteiger partial charge < -0.3 is 0 Å². The van der Waals surface area contributed by atoms with Crippen LogP contribution in [0.15, 0.2) is 12.4 Å². The molecule has 0 aliphatic rings. The van der Waals surface area contributed by atoms with Gasteiger partial charge in [-0.15, -0.1) is 0 Å². The molecule has 0 fully saturated rings. The van der Waals surface area contributed by atoms with Crippen LogP contribution in [0.5, 0.6) is 0 Å². The Labute approximate surface area is 72.4 Å². The van der Waals surface area contributed by atoms with Crippen LogP contribution in [0.2, 0.25) is 0 Å². The van der Waals surface area contributed by atoms with Crippen molar-refractivity contribution in [2.75, 3.05) is 0 Å². The van der Waals surface area contributed by atoms with Crippen molar-refractivity contribution in [3.05, 3.63) is 18.0 Å². The molecule has 0 N–H and O–H groups in total. The largest absolute Gasteiger partial charge is 0.298 e. The molecule has 0 aliphatic carbocycles. The van der Waals surface area contributed by atoms with E-state index in [0.29, 0.717) is 11.6 Å². The van der Waals surface area contributed by atoms with E-state index in [1.54, 1.807) is 12.4 Å². The van der Waals surface area contributed by atoms with Crippen LogP contribution in [-0.2, 0) is 0 Å². The number of aromatic nitrogens is 2. The van der Waals surface area contributed by atoms with E-state index in [4.69, 9.17) is 0 Å². The number of carbonyl (C=O) groups excluding carboxylic acids is 1. The van der Waals surface area contributed by atoms with Crippen LogP contribution in [0, 0.1) is 0 Å². The fourth-order valence-corrected chi connectivity index (χ4v) is 1.20. The van der Waals surface area contributed by atoms with Crippen molar-refractivity contribution in [3.63, 3.8) is 0 Å². The van der Waals surface area contributed by atoms with Gasteiger partial charge in [-0.05, 0) is 13.3 Å². The molecule has 1 atom stereocenters. The Balaban J connectivity index is 2.67. The topological polar surface area (TPSA) is 34.9 Å². The lowest BCUT2D eigenvalue weighted by molar-refractivity contribution is 0.112. The molecule has 0 saturated carbocycles. The standard InChI is InChI=1S/C9H14N2O/c1-3-4-8(2)11-6-9(7-12)5-10-11/h5-8H,3-4H2,1-2H3. The molecule has 1 rings (SSSR count). The summed E-state index contributed by atoms with van der Waals surface area (Å²) in [6, 6.07) is 0.392. The second-order valence-electron chi connectivity index (χ2n) is 3.01. The van der Waals surface area contributed by atoms with Crippen molar-refractivity contribution in [3.8, 4) is 0 Å². The monoisotopic (exact) mass is 166 g/mol. The molecule has 0 radical (unpaired) electrons. The summed E-state index contributed by atoms with van der Waals surface area (Å²) in [6.45, 7) is 4.24. The summed E-state index contributed by atoms with van der Waals surface area (Å²) in [5.41, 5.74) is 0.651. The summed E-state index contributed by atoms with van der Waals surface area (Å²) in [5.74, 6) is 0. The summed E-state index contributed by atoms with van der Waals surface area (Å²) in [6.07, 6.45) is 6.44. The first-order valence-electron chi connectivity index (χ1n) is 4.27. The average Bonchev–Trinajstić information content (AvgIpc) is 2.52. The van der Waals surface area contributed by atoms with Crippen LogP contribution in [0.4, 0.5) is 0 Å². The molecule has 12 heavy (non-hydrogen) atoms. The maximum absolute atomic E-state index is 10.3. The Hall–Kier alpha value is -1.12. The summed E-state index contributed by atoms with van der Waals surface area (Å²) in [7, 11) is 0. The molecule has 3 heteroatoms. The van der Waals surface area contributed by atoms with Crippen LogP contribution < -0.4 is 0 Å². The van der Waals surface area contributed by atoms with E-state index in [0.717, 1.165) is 19.1 Å². The van der Waals surface area contributed by atoms with Gasteiger partial charge in [0, 0.05) is 12.2 Å². The highest BCUT2D eigenvalue weighted by molar-refractivity contribution is 5.73. The van der Waals surface area contributed by atoms with Crippen LogP contribution in [0.1, 0.15) is 43.1 Å². The van der Waals surface area contributed by atoms with Crippen molar-refractivity contribution < 1.29 is 4.79 Å². The van der Waals surface area contributed by atoms with Gasteiger partial charge in [-0.25, -0.2) is 0 Å². The third kappa shape index (κ3) is 1.94. The summed E-state index contributed by atoms with van der Waals surface area (Å²) in [5, 5.41) is 4.09. The summed E-state index contributed by atoms with van der Waals surface area (Å²) >= 11 is 0. The van der Waals surface area contributed by atoms with Crippen molar-refractivity contribution in [1.82, 2.24) is 9.78 Å². The normalized spacial score (nSPS) is 12.8. The number of nitrogens with zero attached hydrogens (tertiary/aromatic N) is 2. The predicted molar refractivity (Wildman–Crippen MR) is 47.2 cm³/mol. The van der Waals surface area contributed by atoms with Crippen molar-refractivity contribution in [2.24, 2.45) is 0 Å². The molecule has 1 aromatic heterocycles. The maximum atomic E-state index is 10.3. The van der Waals surface area contributed by atoms with Crippen LogP contribution in [0.25, 0.3) is 0 Å². The summed E-state index contributed by atoms with van der Waals surface area (Å²) in [4.78, 5) is 10.3. The number of hydrogen-bond donors (Lipinski definition) is 0. The van der Waals surface area contributed by atoms with Gasteiger partial charge in [0.25, 0.3) is 0 Å². The molecule has 66 valence electrons. The highest BCUT2D eigenvalue weighted by Crippen LogP contribution is 2.11. The fourth-order valence-electron chi connectivity index (χ4n) is 1.20. The Morgan fingerprint density at radius 3 is 3.00 bits per heavy atom. The van der Waals surface area contributed by atoms with Crippen molar-refractivity contribution in [2.45, 2.75) is 32.7 Å². The van der Waals surface area contributed by atoms with Crippen molar-refractivity contribution in [1.29, 1.82) is 0 Å². The third-order valence-electron chi connectivity index (χ3n) is 1.92. The highest BCUT2D eigenvalue weighted by Gasteiger charge is 2.04. The van der Waals surface area contributed by atoms with E-state index < -0.39 is 0 Å². The second-order valence-corrected chi connectivity index (χ2v) is 3.01. The van der Waals surface area contributed by atoms with Gasteiger partial charge in [-0.3, -0.25) is 9.48 Å². The van der Waals surface area contributed by atoms with E-state index in [1.807, 2.05) is 4.68 Å². The number of hydrogen-bond acceptors (Lipinski definition) is 2. The average molecular weight is 166 g/mol. The zero-order chi connectivity index (χ0) is 8.97. The minimum Gasteiger partial charge on any atom is -0.298 e. The lowest BCUT2D eigenvalue weighted by atomic mass is 10.2. The lowest BCUT2D eigenvalue weighted by Crippen LogP contribution is -2.04. The number of carbonyl (C=O) groups is 1. The molecule has 0 aromatic carbocycles. The molecular weight excluding hydrogens is 152 g/mol. The molecule has 0 amide bonds. The first-order valence-corrected chi connectivity index (χ1v) is 4.27. The molecule has 0 bridgehead atoms. The minimum atomic E-state index is 0.392. The molecule has 3 nitrogen and oxygen atoms in total. The smallest absolute Gasteiger partial charge is 0.153 e. The first-order chi connectivity index (χ1) is 5.77. The van der Waals surface area contributed by atoms with Gasteiger partial charge in [0.1, 0.15) is 0 Å². The molecule has 1 aromatic rings. The molecule has 0 saturated heterocycles. The van der Waals surface area contributed by atoms with E-state index >= 15 is 0 Å². The van der Waals surface area contributed by atoms with Gasteiger partial charge in [0.05, 0.1) is 11.8 Å². The zero-order valence-corrected chi connectivity index (χ0v) is 7.53. The molecular formula is C9H14N2O. The van der Waals surface area contributed by atoms with Gasteiger partial charge in [-0.2, -0.15) is 5.10 Å². The van der Waals surface area contributed by atoms with E-state index in [-0.39, 0.29) is 0 Å². The molecule has 0 aliphatic heterocycles. The quantitative estimate of drug-likeness (QED) is 0.642. The van der Waals surface area contributed by atoms with Crippen LogP contribution >= 0.6 is 0 Å². The lowest BCUT2D eigenvalue weighted by Gasteiger charge is -2.09. The third-order valence-corrected chi connectivity index (χ3v) is 1.92. The van der Waals surface area contributed by atoms with E-state index in [2.05, 4.69) is 18.9 Å². The van der Waals surface area contributed by atoms with E-state index in [9.17, 15) is 4.79 Å². The number of aldehydes is 1. The predicted octanol–water partition coefficient (Wildman–Crippen LogP) is 2.06. The SMILES string of the molecule is CCCC(C)n1cc(C=O)cn1. The summed E-state index contributed by atoms with van der Waals surface area (Å²) < 4.78 is 1.84. The maximum Gasteiger partial charge on any atom is 0.153 e. The zero-order valence-electron chi connectivity index (χ0n) is 7.53. The minimum absolute atomic E-state index is 0.392. The second kappa shape index (κ2) is 4.04. The Morgan fingerprint density at radius 1 is 1.75 bits per heavy atom. The van der Waals surface area contributed by atoms with Gasteiger partial charge in [0.2, 0.25) is 0 Å². The van der Waals surface area contributed by atoms with E-state index in [1.165, 1.54) is 0 Å². The number of rotatable bonds is 4. The van der Waals surface area contributed by atoms with Gasteiger partial charge in [0.15, 0.2) is 6.29 Å². The van der Waals surface area contributed by atoms with Crippen LogP contribution in [-0.4, -0.2) is 16.1 Å². The Kier molecular flexibility index (Phi) is 3.02. The molecule has 1 unspecified atom stereocenters. The van der Waals surface area contributed by atoms with Crippen molar-refractivity contribution >= 4 is 6.29 Å². The van der Waals surface area contributed by atoms with Gasteiger partial charge >= 0.3 is 0 Å². The Bertz CT molecular complexity index is 255. The first kappa shape index (κ1) is 8.97. The van der Waals surface area contributed by atoms with Gasteiger partial charge in [-0.1, -0.05) is 13.3 Å². The fraction of sp³-hybridized carbons (Fsp3) is 0.556. The van der Waals surface area contributed by atoms with Crippen LogP contribution in [0.3, 0.4) is 0 Å². The highest BCUT2D eigenvalue weighted by atomic mass is 16.1.